The van der Waals surface area contributed by atoms with Crippen LogP contribution >= 0.6 is 23.2 Å². The van der Waals surface area contributed by atoms with E-state index in [-0.39, 0.29) is 6.04 Å². The van der Waals surface area contributed by atoms with Gasteiger partial charge in [0.25, 0.3) is 0 Å². The molecule has 2 atom stereocenters. The summed E-state index contributed by atoms with van der Waals surface area (Å²) in [5.41, 5.74) is 5.05. The number of benzene rings is 4. The Morgan fingerprint density at radius 3 is 1.59 bits per heavy atom. The molecule has 4 aromatic carbocycles. The Bertz CT molecular complexity index is 1100. The lowest BCUT2D eigenvalue weighted by Gasteiger charge is -2.41. The van der Waals surface area contributed by atoms with Crippen molar-refractivity contribution in [2.45, 2.75) is 24.8 Å². The minimum absolute atomic E-state index is 0.159. The molecule has 172 valence electrons. The molecule has 4 aromatic rings. The van der Waals surface area contributed by atoms with Crippen LogP contribution in [0.3, 0.4) is 0 Å². The predicted molar refractivity (Wildman–Crippen MR) is 144 cm³/mol. The molecular formula is C31H29Cl2N. The number of nitrogens with zero attached hydrogens (tertiary/aromatic N) is 1. The molecule has 1 aliphatic rings. The van der Waals surface area contributed by atoms with Gasteiger partial charge in [-0.15, -0.1) is 0 Å². The standard InChI is InChI=1S/C31H29Cl2N/c32-28-17-9-7-15-26(28)30(23-11-3-1-4-12-23)24-19-21-34(22-20-24)31(25-13-5-2-6-14-25)27-16-8-10-18-29(27)33/h1-18,24,30-31H,19-22H2. The van der Waals surface area contributed by atoms with Crippen LogP contribution in [0.15, 0.2) is 109 Å². The molecule has 0 radical (unpaired) electrons. The highest BCUT2D eigenvalue weighted by Crippen LogP contribution is 2.43. The SMILES string of the molecule is Clc1ccccc1C(c1ccccc1)C1CCN(C(c2ccccc2)c2ccccc2Cl)CC1. The van der Waals surface area contributed by atoms with Crippen molar-refractivity contribution in [3.63, 3.8) is 0 Å². The first kappa shape index (κ1) is 23.2. The maximum absolute atomic E-state index is 6.72. The maximum Gasteiger partial charge on any atom is 0.0616 e. The third-order valence-electron chi connectivity index (χ3n) is 7.12. The van der Waals surface area contributed by atoms with E-state index in [1.807, 2.05) is 24.3 Å². The monoisotopic (exact) mass is 485 g/mol. The number of piperidine rings is 1. The minimum Gasteiger partial charge on any atom is -0.292 e. The van der Waals surface area contributed by atoms with E-state index in [4.69, 9.17) is 23.2 Å². The van der Waals surface area contributed by atoms with Gasteiger partial charge in [0.05, 0.1) is 6.04 Å². The lowest BCUT2D eigenvalue weighted by Crippen LogP contribution is -2.39. The molecule has 1 heterocycles. The van der Waals surface area contributed by atoms with Crippen molar-refractivity contribution in [1.82, 2.24) is 4.90 Å². The van der Waals surface area contributed by atoms with Crippen molar-refractivity contribution in [1.29, 1.82) is 0 Å². The lowest BCUT2D eigenvalue weighted by atomic mass is 9.75. The fourth-order valence-corrected chi connectivity index (χ4v) is 6.02. The molecule has 1 nitrogen and oxygen atoms in total. The maximum atomic E-state index is 6.72. The van der Waals surface area contributed by atoms with Crippen LogP contribution in [0.25, 0.3) is 0 Å². The van der Waals surface area contributed by atoms with Gasteiger partial charge in [-0.05, 0) is 66.2 Å². The fourth-order valence-electron chi connectivity index (χ4n) is 5.52. The number of hydrogen-bond donors (Lipinski definition) is 0. The summed E-state index contributed by atoms with van der Waals surface area (Å²) in [6.45, 7) is 2.03. The van der Waals surface area contributed by atoms with E-state index < -0.39 is 0 Å². The van der Waals surface area contributed by atoms with Gasteiger partial charge in [0, 0.05) is 16.0 Å². The highest BCUT2D eigenvalue weighted by molar-refractivity contribution is 6.31. The highest BCUT2D eigenvalue weighted by Gasteiger charge is 2.33. The average Bonchev–Trinajstić information content (AvgIpc) is 2.89. The molecule has 1 aliphatic heterocycles. The van der Waals surface area contributed by atoms with Crippen molar-refractivity contribution >= 4 is 23.2 Å². The van der Waals surface area contributed by atoms with Crippen molar-refractivity contribution in [3.05, 3.63) is 141 Å². The van der Waals surface area contributed by atoms with Gasteiger partial charge in [-0.2, -0.15) is 0 Å². The van der Waals surface area contributed by atoms with E-state index in [2.05, 4.69) is 89.8 Å². The quantitative estimate of drug-likeness (QED) is 0.264. The second kappa shape index (κ2) is 10.8. The molecular weight excluding hydrogens is 457 g/mol. The average molecular weight is 486 g/mol. The molecule has 2 unspecified atom stereocenters. The highest BCUT2D eigenvalue weighted by atomic mass is 35.5. The molecule has 0 bridgehead atoms. The van der Waals surface area contributed by atoms with E-state index in [1.165, 1.54) is 22.3 Å². The van der Waals surface area contributed by atoms with Crippen molar-refractivity contribution in [2.75, 3.05) is 13.1 Å². The molecule has 0 N–H and O–H groups in total. The second-order valence-electron chi connectivity index (χ2n) is 9.12. The van der Waals surface area contributed by atoms with Crippen LogP contribution in [-0.2, 0) is 0 Å². The van der Waals surface area contributed by atoms with Crippen LogP contribution < -0.4 is 0 Å². The predicted octanol–water partition coefficient (Wildman–Crippen LogP) is 8.63. The zero-order valence-electron chi connectivity index (χ0n) is 19.2. The first-order valence-corrected chi connectivity index (χ1v) is 12.8. The van der Waals surface area contributed by atoms with E-state index >= 15 is 0 Å². The van der Waals surface area contributed by atoms with E-state index in [0.29, 0.717) is 11.8 Å². The summed E-state index contributed by atoms with van der Waals surface area (Å²) in [5.74, 6) is 0.828. The summed E-state index contributed by atoms with van der Waals surface area (Å²) in [5, 5.41) is 1.69. The summed E-state index contributed by atoms with van der Waals surface area (Å²) in [7, 11) is 0. The zero-order chi connectivity index (χ0) is 23.3. The largest absolute Gasteiger partial charge is 0.292 e. The Kier molecular flexibility index (Phi) is 7.35. The van der Waals surface area contributed by atoms with Crippen LogP contribution in [0.1, 0.15) is 47.1 Å². The molecule has 0 amide bonds. The lowest BCUT2D eigenvalue weighted by molar-refractivity contribution is 0.144. The summed E-state index contributed by atoms with van der Waals surface area (Å²) in [6.07, 6.45) is 2.22. The van der Waals surface area contributed by atoms with Crippen LogP contribution in [0.5, 0.6) is 0 Å². The molecule has 1 fully saturated rings. The van der Waals surface area contributed by atoms with Crippen LogP contribution in [-0.4, -0.2) is 18.0 Å². The number of halogens is 2. The first-order chi connectivity index (χ1) is 16.7. The molecule has 0 saturated carbocycles. The first-order valence-electron chi connectivity index (χ1n) is 12.0. The third-order valence-corrected chi connectivity index (χ3v) is 7.81. The Morgan fingerprint density at radius 2 is 1.03 bits per heavy atom. The van der Waals surface area contributed by atoms with Crippen molar-refractivity contribution < 1.29 is 0 Å². The van der Waals surface area contributed by atoms with Crippen LogP contribution in [0.2, 0.25) is 10.0 Å². The van der Waals surface area contributed by atoms with E-state index in [1.54, 1.807) is 0 Å². The summed E-state index contributed by atoms with van der Waals surface area (Å²) in [4.78, 5) is 2.60. The Labute approximate surface area is 213 Å². The zero-order valence-corrected chi connectivity index (χ0v) is 20.7. The molecule has 0 spiro atoms. The van der Waals surface area contributed by atoms with Gasteiger partial charge in [-0.1, -0.05) is 120 Å². The molecule has 3 heteroatoms. The topological polar surface area (TPSA) is 3.24 Å². The molecule has 5 rings (SSSR count). The number of hydrogen-bond acceptors (Lipinski definition) is 1. The van der Waals surface area contributed by atoms with Gasteiger partial charge in [0.1, 0.15) is 0 Å². The summed E-state index contributed by atoms with van der Waals surface area (Å²) < 4.78 is 0. The van der Waals surface area contributed by atoms with E-state index in [9.17, 15) is 0 Å². The molecule has 34 heavy (non-hydrogen) atoms. The van der Waals surface area contributed by atoms with Crippen LogP contribution in [0, 0.1) is 5.92 Å². The Hall–Kier alpha value is -2.58. The van der Waals surface area contributed by atoms with Crippen molar-refractivity contribution in [3.8, 4) is 0 Å². The Morgan fingerprint density at radius 1 is 0.559 bits per heavy atom. The summed E-state index contributed by atoms with van der Waals surface area (Å²) >= 11 is 13.4. The van der Waals surface area contributed by atoms with Gasteiger partial charge < -0.3 is 0 Å². The molecule has 1 saturated heterocycles. The van der Waals surface area contributed by atoms with Crippen molar-refractivity contribution in [2.24, 2.45) is 5.92 Å². The summed E-state index contributed by atoms with van der Waals surface area (Å²) in [6, 6.07) is 38.4. The number of rotatable bonds is 6. The van der Waals surface area contributed by atoms with Gasteiger partial charge >= 0.3 is 0 Å². The molecule has 0 aromatic heterocycles. The van der Waals surface area contributed by atoms with Gasteiger partial charge in [0.15, 0.2) is 0 Å². The third kappa shape index (κ3) is 4.93. The minimum atomic E-state index is 0.159. The smallest absolute Gasteiger partial charge is 0.0616 e. The Balaban J connectivity index is 1.44. The number of likely N-dealkylation sites (tertiary alicyclic amines) is 1. The van der Waals surface area contributed by atoms with Gasteiger partial charge in [-0.3, -0.25) is 4.90 Å². The van der Waals surface area contributed by atoms with Gasteiger partial charge in [0.2, 0.25) is 0 Å². The normalized spacial score (nSPS) is 16.8. The van der Waals surface area contributed by atoms with E-state index in [0.717, 1.165) is 36.0 Å². The van der Waals surface area contributed by atoms with Gasteiger partial charge in [-0.25, -0.2) is 0 Å². The molecule has 0 aliphatic carbocycles. The second-order valence-corrected chi connectivity index (χ2v) is 9.93. The fraction of sp³-hybridized carbons (Fsp3) is 0.226. The van der Waals surface area contributed by atoms with Crippen LogP contribution in [0.4, 0.5) is 0 Å².